The maximum Gasteiger partial charge on any atom is 0.202 e. The fourth-order valence-corrected chi connectivity index (χ4v) is 2.16. The van der Waals surface area contributed by atoms with Crippen molar-refractivity contribution >= 4 is 13.7 Å². The molecule has 0 saturated carbocycles. The molecule has 0 aromatic heterocycles. The van der Waals surface area contributed by atoms with Crippen LogP contribution < -0.4 is 5.30 Å². The number of aryl methyl sites for hydroxylation is 2. The first-order valence-corrected chi connectivity index (χ1v) is 5.55. The molecule has 1 atom stereocenters. The normalized spacial score (nSPS) is 12.9. The van der Waals surface area contributed by atoms with E-state index in [4.69, 9.17) is 4.52 Å². The van der Waals surface area contributed by atoms with E-state index in [0.717, 1.165) is 10.9 Å². The van der Waals surface area contributed by atoms with Gasteiger partial charge >= 0.3 is 0 Å². The SMILES string of the molecule is CCOP(O)c1ccc(C)cc1C. The van der Waals surface area contributed by atoms with Crippen LogP contribution in [-0.2, 0) is 4.52 Å². The standard InChI is InChI=1S/C10H15O2P/c1-4-12-13(11)10-6-5-8(2)7-9(10)3/h5-7,11H,4H2,1-3H3. The number of rotatable bonds is 3. The quantitative estimate of drug-likeness (QED) is 0.755. The van der Waals surface area contributed by atoms with Crippen LogP contribution in [0, 0.1) is 13.8 Å². The summed E-state index contributed by atoms with van der Waals surface area (Å²) in [4.78, 5) is 9.63. The largest absolute Gasteiger partial charge is 0.346 e. The van der Waals surface area contributed by atoms with E-state index < -0.39 is 8.38 Å². The lowest BCUT2D eigenvalue weighted by molar-refractivity contribution is 0.337. The minimum Gasteiger partial charge on any atom is -0.346 e. The van der Waals surface area contributed by atoms with E-state index >= 15 is 0 Å². The first-order chi connectivity index (χ1) is 6.15. The molecule has 0 spiro atoms. The van der Waals surface area contributed by atoms with Crippen LogP contribution in [0.1, 0.15) is 18.1 Å². The Balaban J connectivity index is 2.88. The summed E-state index contributed by atoms with van der Waals surface area (Å²) in [6, 6.07) is 5.98. The Bertz CT molecular complexity index is 286. The van der Waals surface area contributed by atoms with Crippen LogP contribution in [0.25, 0.3) is 0 Å². The van der Waals surface area contributed by atoms with Crippen LogP contribution in [0.4, 0.5) is 0 Å². The monoisotopic (exact) mass is 198 g/mol. The highest BCUT2D eigenvalue weighted by molar-refractivity contribution is 7.55. The summed E-state index contributed by atoms with van der Waals surface area (Å²) in [5, 5.41) is 0.919. The predicted octanol–water partition coefficient (Wildman–Crippen LogP) is 2.27. The molecule has 0 radical (unpaired) electrons. The van der Waals surface area contributed by atoms with Gasteiger partial charge in [-0.3, -0.25) is 0 Å². The van der Waals surface area contributed by atoms with Gasteiger partial charge in [0.25, 0.3) is 0 Å². The average molecular weight is 198 g/mol. The van der Waals surface area contributed by atoms with Crippen LogP contribution in [0.3, 0.4) is 0 Å². The Morgan fingerprint density at radius 2 is 2.08 bits per heavy atom. The third-order valence-electron chi connectivity index (χ3n) is 1.81. The van der Waals surface area contributed by atoms with Gasteiger partial charge in [-0.2, -0.15) is 0 Å². The van der Waals surface area contributed by atoms with Gasteiger partial charge in [0.2, 0.25) is 8.38 Å². The topological polar surface area (TPSA) is 29.5 Å². The molecule has 0 saturated heterocycles. The summed E-state index contributed by atoms with van der Waals surface area (Å²) in [6.07, 6.45) is 0. The zero-order chi connectivity index (χ0) is 9.84. The van der Waals surface area contributed by atoms with Crippen molar-refractivity contribution in [2.24, 2.45) is 0 Å². The van der Waals surface area contributed by atoms with Gasteiger partial charge in [0, 0.05) is 5.30 Å². The third kappa shape index (κ3) is 2.77. The van der Waals surface area contributed by atoms with E-state index in [0.29, 0.717) is 6.61 Å². The molecular weight excluding hydrogens is 183 g/mol. The molecule has 0 amide bonds. The van der Waals surface area contributed by atoms with Crippen molar-refractivity contribution in [2.75, 3.05) is 6.61 Å². The van der Waals surface area contributed by atoms with E-state index in [2.05, 4.69) is 6.07 Å². The Morgan fingerprint density at radius 3 is 2.62 bits per heavy atom. The molecule has 2 nitrogen and oxygen atoms in total. The van der Waals surface area contributed by atoms with Crippen LogP contribution in [-0.4, -0.2) is 11.5 Å². The van der Waals surface area contributed by atoms with Gasteiger partial charge in [0.1, 0.15) is 0 Å². The molecule has 0 aliphatic rings. The fraction of sp³-hybridized carbons (Fsp3) is 0.400. The average Bonchev–Trinajstić information content (AvgIpc) is 2.04. The number of hydrogen-bond donors (Lipinski definition) is 1. The summed E-state index contributed by atoms with van der Waals surface area (Å²) in [5.74, 6) is 0. The summed E-state index contributed by atoms with van der Waals surface area (Å²) < 4.78 is 5.17. The van der Waals surface area contributed by atoms with Gasteiger partial charge < -0.3 is 9.42 Å². The van der Waals surface area contributed by atoms with Crippen molar-refractivity contribution in [2.45, 2.75) is 20.8 Å². The highest BCUT2D eigenvalue weighted by atomic mass is 31.2. The molecule has 3 heteroatoms. The Morgan fingerprint density at radius 1 is 1.38 bits per heavy atom. The zero-order valence-electron chi connectivity index (χ0n) is 8.24. The van der Waals surface area contributed by atoms with Crippen LogP contribution in [0.2, 0.25) is 0 Å². The van der Waals surface area contributed by atoms with Gasteiger partial charge in [-0.05, 0) is 32.4 Å². The molecule has 13 heavy (non-hydrogen) atoms. The maximum absolute atomic E-state index is 9.63. The Kier molecular flexibility index (Phi) is 3.86. The zero-order valence-corrected chi connectivity index (χ0v) is 9.14. The van der Waals surface area contributed by atoms with Crippen molar-refractivity contribution in [3.8, 4) is 0 Å². The van der Waals surface area contributed by atoms with Crippen molar-refractivity contribution in [1.29, 1.82) is 0 Å². The summed E-state index contributed by atoms with van der Waals surface area (Å²) in [5.41, 5.74) is 2.31. The van der Waals surface area contributed by atoms with Crippen LogP contribution >= 0.6 is 8.38 Å². The highest BCUT2D eigenvalue weighted by Crippen LogP contribution is 2.31. The van der Waals surface area contributed by atoms with Crippen molar-refractivity contribution < 1.29 is 9.42 Å². The third-order valence-corrected chi connectivity index (χ3v) is 3.23. The van der Waals surface area contributed by atoms with E-state index in [1.54, 1.807) is 0 Å². The summed E-state index contributed by atoms with van der Waals surface area (Å²) in [6.45, 7) is 6.47. The minimum absolute atomic E-state index is 0.551. The van der Waals surface area contributed by atoms with Crippen LogP contribution in [0.15, 0.2) is 18.2 Å². The lowest BCUT2D eigenvalue weighted by atomic mass is 10.2. The molecular formula is C10H15O2P. The smallest absolute Gasteiger partial charge is 0.202 e. The second kappa shape index (κ2) is 4.71. The second-order valence-corrected chi connectivity index (χ2v) is 4.27. The van der Waals surface area contributed by atoms with Crippen LogP contribution in [0.5, 0.6) is 0 Å². The first kappa shape index (κ1) is 10.6. The Labute approximate surface area is 80.5 Å². The maximum atomic E-state index is 9.63. The molecule has 1 N–H and O–H groups in total. The van der Waals surface area contributed by atoms with E-state index in [1.165, 1.54) is 5.56 Å². The van der Waals surface area contributed by atoms with E-state index in [9.17, 15) is 4.89 Å². The molecule has 1 aromatic rings. The summed E-state index contributed by atoms with van der Waals surface area (Å²) in [7, 11) is -1.41. The molecule has 72 valence electrons. The molecule has 0 fully saturated rings. The molecule has 0 heterocycles. The van der Waals surface area contributed by atoms with Crippen molar-refractivity contribution in [1.82, 2.24) is 0 Å². The van der Waals surface area contributed by atoms with Gasteiger partial charge in [0.15, 0.2) is 0 Å². The molecule has 1 rings (SSSR count). The van der Waals surface area contributed by atoms with E-state index in [1.807, 2.05) is 32.9 Å². The molecule has 0 aliphatic heterocycles. The predicted molar refractivity (Wildman–Crippen MR) is 56.3 cm³/mol. The minimum atomic E-state index is -1.41. The molecule has 1 aromatic carbocycles. The fourth-order valence-electron chi connectivity index (χ4n) is 1.21. The summed E-state index contributed by atoms with van der Waals surface area (Å²) >= 11 is 0. The number of benzene rings is 1. The van der Waals surface area contributed by atoms with Crippen molar-refractivity contribution in [3.63, 3.8) is 0 Å². The van der Waals surface area contributed by atoms with Gasteiger partial charge in [0.05, 0.1) is 6.61 Å². The molecule has 0 aliphatic carbocycles. The van der Waals surface area contributed by atoms with Gasteiger partial charge in [-0.25, -0.2) is 0 Å². The molecule has 0 bridgehead atoms. The Hall–Kier alpha value is -0.430. The lowest BCUT2D eigenvalue weighted by Crippen LogP contribution is -2.07. The first-order valence-electron chi connectivity index (χ1n) is 4.34. The highest BCUT2D eigenvalue weighted by Gasteiger charge is 2.10. The number of hydrogen-bond acceptors (Lipinski definition) is 2. The van der Waals surface area contributed by atoms with Gasteiger partial charge in [-0.1, -0.05) is 17.7 Å². The lowest BCUT2D eigenvalue weighted by Gasteiger charge is -2.12. The van der Waals surface area contributed by atoms with Gasteiger partial charge in [-0.15, -0.1) is 0 Å². The van der Waals surface area contributed by atoms with E-state index in [-0.39, 0.29) is 0 Å². The second-order valence-electron chi connectivity index (χ2n) is 2.98. The van der Waals surface area contributed by atoms with Crippen molar-refractivity contribution in [3.05, 3.63) is 29.3 Å². The molecule has 1 unspecified atom stereocenters.